The maximum Gasteiger partial charge on any atom is 0.135 e. The molecule has 0 aromatic carbocycles. The number of hydrogen-bond acceptors (Lipinski definition) is 4. The third kappa shape index (κ3) is 3.17. The fourth-order valence-corrected chi connectivity index (χ4v) is 8.53. The van der Waals surface area contributed by atoms with Gasteiger partial charge < -0.3 is 16.4 Å². The minimum absolute atomic E-state index is 0.0676. The van der Waals surface area contributed by atoms with Gasteiger partial charge >= 0.3 is 0 Å². The molecule has 4 aliphatic rings. The quantitative estimate of drug-likeness (QED) is 0.253. The molecule has 0 aromatic heterocycles. The summed E-state index contributed by atoms with van der Waals surface area (Å²) in [7, 11) is 0. The van der Waals surface area contributed by atoms with Crippen molar-refractivity contribution in [3.05, 3.63) is 0 Å². The molecular formula is C23H42N4O. The van der Waals surface area contributed by atoms with E-state index in [9.17, 15) is 5.11 Å². The highest BCUT2D eigenvalue weighted by atomic mass is 16.3. The van der Waals surface area contributed by atoms with Gasteiger partial charge in [0.05, 0.1) is 6.10 Å². The van der Waals surface area contributed by atoms with E-state index in [2.05, 4.69) is 24.4 Å². The molecule has 4 rings (SSSR count). The van der Waals surface area contributed by atoms with E-state index in [0.29, 0.717) is 28.5 Å². The van der Waals surface area contributed by atoms with Crippen molar-refractivity contribution in [1.82, 2.24) is 5.43 Å². The van der Waals surface area contributed by atoms with Crippen LogP contribution in [0.3, 0.4) is 0 Å². The predicted molar refractivity (Wildman–Crippen MR) is 114 cm³/mol. The largest absolute Gasteiger partial charge is 0.393 e. The van der Waals surface area contributed by atoms with Crippen molar-refractivity contribution < 1.29 is 5.11 Å². The number of rotatable bonds is 4. The lowest BCUT2D eigenvalue weighted by Gasteiger charge is -2.62. The van der Waals surface area contributed by atoms with E-state index in [1.165, 1.54) is 57.8 Å². The summed E-state index contributed by atoms with van der Waals surface area (Å²) in [5.41, 5.74) is 3.49. The van der Waals surface area contributed by atoms with Crippen molar-refractivity contribution in [1.29, 1.82) is 0 Å². The molecule has 0 radical (unpaired) electrons. The number of hydrazone groups is 1. The molecule has 28 heavy (non-hydrogen) atoms. The molecule has 8 unspecified atom stereocenters. The number of fused-ring (bicyclic) bond motifs is 5. The highest BCUT2D eigenvalue weighted by Gasteiger charge is 2.61. The van der Waals surface area contributed by atoms with E-state index in [-0.39, 0.29) is 6.10 Å². The van der Waals surface area contributed by atoms with Crippen LogP contribution in [0.1, 0.15) is 90.9 Å². The first-order chi connectivity index (χ1) is 13.4. The number of amidine groups is 1. The second-order valence-corrected chi connectivity index (χ2v) is 11.0. The first-order valence-electron chi connectivity index (χ1n) is 11.9. The van der Waals surface area contributed by atoms with Gasteiger partial charge in [-0.25, -0.2) is 5.84 Å². The van der Waals surface area contributed by atoms with Crippen LogP contribution in [-0.2, 0) is 0 Å². The van der Waals surface area contributed by atoms with Crippen LogP contribution in [-0.4, -0.2) is 17.0 Å². The summed E-state index contributed by atoms with van der Waals surface area (Å²) in [6.07, 6.45) is 15.0. The molecule has 0 spiro atoms. The van der Waals surface area contributed by atoms with Gasteiger partial charge in [0.15, 0.2) is 0 Å². The first-order valence-corrected chi connectivity index (χ1v) is 11.9. The zero-order valence-electron chi connectivity index (χ0n) is 18.0. The summed E-state index contributed by atoms with van der Waals surface area (Å²) in [5.74, 6) is 15.1. The van der Waals surface area contributed by atoms with Crippen LogP contribution in [0.5, 0.6) is 0 Å². The molecule has 6 N–H and O–H groups in total. The lowest BCUT2D eigenvalue weighted by atomic mass is 9.44. The lowest BCUT2D eigenvalue weighted by molar-refractivity contribution is -0.162. The van der Waals surface area contributed by atoms with Crippen LogP contribution in [0.15, 0.2) is 5.10 Å². The number of aliphatic hydroxyl groups is 1. The van der Waals surface area contributed by atoms with Gasteiger partial charge in [0, 0.05) is 6.42 Å². The van der Waals surface area contributed by atoms with Crippen molar-refractivity contribution in [3.8, 4) is 0 Å². The van der Waals surface area contributed by atoms with Gasteiger partial charge in [-0.15, -0.1) is 0 Å². The Balaban J connectivity index is 1.48. The minimum atomic E-state index is -0.0676. The smallest absolute Gasteiger partial charge is 0.135 e. The summed E-state index contributed by atoms with van der Waals surface area (Å²) in [6.45, 7) is 5.13. The van der Waals surface area contributed by atoms with E-state index in [4.69, 9.17) is 11.7 Å². The number of nitrogens with zero attached hydrogens (tertiary/aromatic N) is 1. The van der Waals surface area contributed by atoms with Gasteiger partial charge in [-0.2, -0.15) is 5.10 Å². The minimum Gasteiger partial charge on any atom is -0.393 e. The summed E-state index contributed by atoms with van der Waals surface area (Å²) in [5, 5.41) is 15.0. The Hall–Kier alpha value is -0.810. The highest BCUT2D eigenvalue weighted by molar-refractivity contribution is 5.81. The number of hydrogen-bond donors (Lipinski definition) is 4. The Kier molecular flexibility index (Phi) is 5.69. The molecule has 4 fully saturated rings. The second kappa shape index (κ2) is 7.79. The fourth-order valence-electron chi connectivity index (χ4n) is 8.53. The Morgan fingerprint density at radius 3 is 2.61 bits per heavy atom. The van der Waals surface area contributed by atoms with Gasteiger partial charge in [-0.1, -0.05) is 26.7 Å². The number of nitrogens with one attached hydrogen (secondary N) is 1. The third-order valence-corrected chi connectivity index (χ3v) is 10.1. The Morgan fingerprint density at radius 1 is 1.07 bits per heavy atom. The molecule has 4 aliphatic carbocycles. The molecule has 0 saturated heterocycles. The molecule has 160 valence electrons. The van der Waals surface area contributed by atoms with Crippen molar-refractivity contribution in [2.45, 2.75) is 97.0 Å². The van der Waals surface area contributed by atoms with Crippen molar-refractivity contribution in [2.75, 3.05) is 0 Å². The van der Waals surface area contributed by atoms with Gasteiger partial charge in [0.2, 0.25) is 0 Å². The maximum absolute atomic E-state index is 11.3. The van der Waals surface area contributed by atoms with Crippen LogP contribution in [0, 0.1) is 40.4 Å². The zero-order chi connectivity index (χ0) is 19.9. The fraction of sp³-hybridized carbons (Fsp3) is 0.957. The predicted octanol–water partition coefficient (Wildman–Crippen LogP) is 3.91. The zero-order valence-corrected chi connectivity index (χ0v) is 18.0. The normalized spacial score (nSPS) is 48.5. The summed E-state index contributed by atoms with van der Waals surface area (Å²) in [6, 6.07) is 0. The van der Waals surface area contributed by atoms with E-state index in [0.717, 1.165) is 37.0 Å². The van der Waals surface area contributed by atoms with E-state index in [1.807, 2.05) is 0 Å². The van der Waals surface area contributed by atoms with E-state index >= 15 is 0 Å². The first kappa shape index (κ1) is 20.5. The van der Waals surface area contributed by atoms with Crippen LogP contribution in [0.4, 0.5) is 0 Å². The van der Waals surface area contributed by atoms with Crippen LogP contribution >= 0.6 is 0 Å². The molecule has 0 amide bonds. The van der Waals surface area contributed by atoms with Gasteiger partial charge in [0.25, 0.3) is 0 Å². The molecule has 0 heterocycles. The van der Waals surface area contributed by atoms with Gasteiger partial charge in [0.1, 0.15) is 5.84 Å². The van der Waals surface area contributed by atoms with E-state index in [1.54, 1.807) is 0 Å². The number of hydrazine groups is 1. The van der Waals surface area contributed by atoms with Gasteiger partial charge in [-0.05, 0) is 98.2 Å². The summed E-state index contributed by atoms with van der Waals surface area (Å²) in [4.78, 5) is 0. The molecule has 0 aromatic rings. The van der Waals surface area contributed by atoms with Crippen molar-refractivity contribution in [2.24, 2.45) is 57.2 Å². The maximum atomic E-state index is 11.3. The Labute approximate surface area is 171 Å². The van der Waals surface area contributed by atoms with Crippen molar-refractivity contribution >= 4 is 5.84 Å². The van der Waals surface area contributed by atoms with E-state index < -0.39 is 0 Å². The average molecular weight is 391 g/mol. The summed E-state index contributed by atoms with van der Waals surface area (Å²) < 4.78 is 0. The Morgan fingerprint density at radius 2 is 1.86 bits per heavy atom. The number of nitrogens with two attached hydrogens (primary N) is 2. The molecular weight excluding hydrogens is 348 g/mol. The van der Waals surface area contributed by atoms with Crippen LogP contribution in [0.25, 0.3) is 0 Å². The van der Waals surface area contributed by atoms with Crippen LogP contribution in [0.2, 0.25) is 0 Å². The topological polar surface area (TPSA) is 96.7 Å². The molecule has 4 saturated carbocycles. The highest BCUT2D eigenvalue weighted by Crippen LogP contribution is 2.67. The standard InChI is InChI=1S/C23H42N4O/c1-22-12-4-3-6-16(22)14-19(28)21-17-10-9-15(7-5-8-20(26-24)27-25)23(17,2)13-11-18(21)22/h15-19,21,28H,3-14,24-25H2,1-2H3,(H,26,27). The van der Waals surface area contributed by atoms with Gasteiger partial charge in [-0.3, -0.25) is 0 Å². The summed E-state index contributed by atoms with van der Waals surface area (Å²) >= 11 is 0. The monoisotopic (exact) mass is 390 g/mol. The third-order valence-electron chi connectivity index (χ3n) is 10.1. The SMILES string of the molecule is CC12CCC3C(C(O)CC4CCCCC43C)C1CCC2CCC/C(=N/N)NN. The second-order valence-electron chi connectivity index (χ2n) is 11.0. The number of aliphatic hydroxyl groups excluding tert-OH is 1. The molecule has 5 heteroatoms. The Bertz CT molecular complexity index is 595. The van der Waals surface area contributed by atoms with Crippen LogP contribution < -0.4 is 17.1 Å². The molecule has 0 aliphatic heterocycles. The average Bonchev–Trinajstić information content (AvgIpc) is 3.02. The lowest BCUT2D eigenvalue weighted by Crippen LogP contribution is -2.57. The van der Waals surface area contributed by atoms with Crippen molar-refractivity contribution in [3.63, 3.8) is 0 Å². The molecule has 8 atom stereocenters. The molecule has 5 nitrogen and oxygen atoms in total. The molecule has 0 bridgehead atoms.